The van der Waals surface area contributed by atoms with Gasteiger partial charge in [0.15, 0.2) is 6.61 Å². The van der Waals surface area contributed by atoms with Crippen molar-refractivity contribution in [3.8, 4) is 5.75 Å². The molecule has 0 aliphatic rings. The summed E-state index contributed by atoms with van der Waals surface area (Å²) >= 11 is 0. The third kappa shape index (κ3) is 3.62. The first kappa shape index (κ1) is 15.1. The van der Waals surface area contributed by atoms with Crippen LogP contribution in [0.4, 0.5) is 5.69 Å². The predicted octanol–water partition coefficient (Wildman–Crippen LogP) is 2.36. The lowest BCUT2D eigenvalue weighted by Gasteiger charge is -2.17. The summed E-state index contributed by atoms with van der Waals surface area (Å²) in [4.78, 5) is 16.1. The number of pyridine rings is 1. The fraction of sp³-hybridized carbons (Fsp3) is 0.375. The van der Waals surface area contributed by atoms with Crippen molar-refractivity contribution in [2.24, 2.45) is 5.92 Å². The Hall–Kier alpha value is -2.30. The highest BCUT2D eigenvalue weighted by atomic mass is 16.5. The molecule has 2 rings (SSSR count). The largest absolute Gasteiger partial charge is 0.483 e. The number of benzene rings is 1. The van der Waals surface area contributed by atoms with E-state index in [9.17, 15) is 4.79 Å². The van der Waals surface area contributed by atoms with Crippen molar-refractivity contribution in [2.75, 3.05) is 12.3 Å². The van der Waals surface area contributed by atoms with Crippen molar-refractivity contribution in [2.45, 2.75) is 26.8 Å². The van der Waals surface area contributed by atoms with E-state index in [1.807, 2.05) is 19.1 Å². The van der Waals surface area contributed by atoms with E-state index in [-0.39, 0.29) is 18.6 Å². The number of rotatable bonds is 5. The van der Waals surface area contributed by atoms with E-state index in [0.29, 0.717) is 22.9 Å². The average Bonchev–Trinajstić information content (AvgIpc) is 2.46. The number of nitrogen functional groups attached to an aromatic ring is 1. The monoisotopic (exact) mass is 287 g/mol. The van der Waals surface area contributed by atoms with E-state index in [1.54, 1.807) is 18.3 Å². The summed E-state index contributed by atoms with van der Waals surface area (Å²) in [7, 11) is 0. The Morgan fingerprint density at radius 1 is 1.33 bits per heavy atom. The Kier molecular flexibility index (Phi) is 4.62. The fourth-order valence-electron chi connectivity index (χ4n) is 1.90. The van der Waals surface area contributed by atoms with Gasteiger partial charge in [-0.25, -0.2) is 0 Å². The minimum absolute atomic E-state index is 0.0228. The van der Waals surface area contributed by atoms with Gasteiger partial charge in [0.2, 0.25) is 0 Å². The number of fused-ring (bicyclic) bond motifs is 1. The van der Waals surface area contributed by atoms with Crippen LogP contribution in [0.2, 0.25) is 0 Å². The summed E-state index contributed by atoms with van der Waals surface area (Å²) in [6.45, 7) is 6.08. The molecule has 0 bridgehead atoms. The second kappa shape index (κ2) is 6.43. The lowest BCUT2D eigenvalue weighted by atomic mass is 10.1. The molecule has 0 radical (unpaired) electrons. The first-order chi connectivity index (χ1) is 9.99. The molecule has 21 heavy (non-hydrogen) atoms. The molecule has 5 nitrogen and oxygen atoms in total. The summed E-state index contributed by atoms with van der Waals surface area (Å²) < 4.78 is 5.61. The van der Waals surface area contributed by atoms with Crippen molar-refractivity contribution in [1.82, 2.24) is 10.3 Å². The number of nitrogens with one attached hydrogen (secondary N) is 1. The lowest BCUT2D eigenvalue weighted by Crippen LogP contribution is -2.38. The quantitative estimate of drug-likeness (QED) is 0.828. The Balaban J connectivity index is 2.07. The van der Waals surface area contributed by atoms with Gasteiger partial charge in [0, 0.05) is 17.6 Å². The van der Waals surface area contributed by atoms with E-state index in [2.05, 4.69) is 24.1 Å². The zero-order chi connectivity index (χ0) is 15.4. The molecule has 1 heterocycles. The summed E-state index contributed by atoms with van der Waals surface area (Å²) in [5.74, 6) is 0.861. The molecule has 1 aromatic carbocycles. The number of carbonyl (C=O) groups is 1. The predicted molar refractivity (Wildman–Crippen MR) is 84.1 cm³/mol. The zero-order valence-corrected chi connectivity index (χ0v) is 12.6. The van der Waals surface area contributed by atoms with Crippen LogP contribution in [-0.2, 0) is 4.79 Å². The minimum Gasteiger partial charge on any atom is -0.483 e. The molecule has 1 aromatic heterocycles. The minimum atomic E-state index is -0.134. The van der Waals surface area contributed by atoms with Crippen LogP contribution >= 0.6 is 0 Å². The van der Waals surface area contributed by atoms with Crippen molar-refractivity contribution >= 4 is 22.5 Å². The SMILES string of the molecule is CC(C)C(C)NC(=O)COc1ccc(N)c2ncccc12. The van der Waals surface area contributed by atoms with Gasteiger partial charge in [0.1, 0.15) is 5.75 Å². The van der Waals surface area contributed by atoms with Crippen LogP contribution in [0, 0.1) is 5.92 Å². The molecule has 0 saturated heterocycles. The number of nitrogens with two attached hydrogens (primary N) is 1. The van der Waals surface area contributed by atoms with Gasteiger partial charge in [0.25, 0.3) is 5.91 Å². The zero-order valence-electron chi connectivity index (χ0n) is 12.6. The average molecular weight is 287 g/mol. The van der Waals surface area contributed by atoms with Gasteiger partial charge < -0.3 is 15.8 Å². The number of hydrogen-bond acceptors (Lipinski definition) is 4. The lowest BCUT2D eigenvalue weighted by molar-refractivity contribution is -0.123. The molecule has 1 atom stereocenters. The first-order valence-electron chi connectivity index (χ1n) is 7.04. The molecule has 1 unspecified atom stereocenters. The number of nitrogens with zero attached hydrogens (tertiary/aromatic N) is 1. The fourth-order valence-corrected chi connectivity index (χ4v) is 1.90. The molecule has 0 spiro atoms. The Morgan fingerprint density at radius 2 is 2.10 bits per heavy atom. The van der Waals surface area contributed by atoms with Crippen LogP contribution in [0.15, 0.2) is 30.5 Å². The summed E-state index contributed by atoms with van der Waals surface area (Å²) in [5, 5.41) is 3.71. The molecule has 0 saturated carbocycles. The van der Waals surface area contributed by atoms with Crippen molar-refractivity contribution in [3.05, 3.63) is 30.5 Å². The van der Waals surface area contributed by atoms with Crippen LogP contribution < -0.4 is 15.8 Å². The summed E-state index contributed by atoms with van der Waals surface area (Å²) in [5.41, 5.74) is 7.16. The van der Waals surface area contributed by atoms with Crippen LogP contribution in [-0.4, -0.2) is 23.5 Å². The number of carbonyl (C=O) groups excluding carboxylic acids is 1. The molecule has 0 aliphatic carbocycles. The van der Waals surface area contributed by atoms with Gasteiger partial charge in [-0.2, -0.15) is 0 Å². The normalized spacial score (nSPS) is 12.4. The highest BCUT2D eigenvalue weighted by molar-refractivity contribution is 5.94. The summed E-state index contributed by atoms with van der Waals surface area (Å²) in [6, 6.07) is 7.31. The molecular weight excluding hydrogens is 266 g/mol. The van der Waals surface area contributed by atoms with E-state index in [4.69, 9.17) is 10.5 Å². The molecule has 2 aromatic rings. The van der Waals surface area contributed by atoms with Crippen LogP contribution in [0.1, 0.15) is 20.8 Å². The number of anilines is 1. The Morgan fingerprint density at radius 3 is 2.81 bits per heavy atom. The Labute approximate surface area is 124 Å². The van der Waals surface area contributed by atoms with E-state index < -0.39 is 0 Å². The number of ether oxygens (including phenoxy) is 1. The molecule has 3 N–H and O–H groups in total. The number of amides is 1. The van der Waals surface area contributed by atoms with Gasteiger partial charge >= 0.3 is 0 Å². The van der Waals surface area contributed by atoms with Crippen molar-refractivity contribution in [1.29, 1.82) is 0 Å². The van der Waals surface area contributed by atoms with Crippen LogP contribution in [0.25, 0.3) is 10.9 Å². The topological polar surface area (TPSA) is 77.2 Å². The standard InChI is InChI=1S/C16H21N3O2/c1-10(2)11(3)19-15(20)9-21-14-7-6-13(17)16-12(14)5-4-8-18-16/h4-8,10-11H,9,17H2,1-3H3,(H,19,20). The number of hydrogen-bond donors (Lipinski definition) is 2. The van der Waals surface area contributed by atoms with E-state index in [0.717, 1.165) is 5.39 Å². The van der Waals surface area contributed by atoms with Crippen molar-refractivity contribution < 1.29 is 9.53 Å². The first-order valence-corrected chi connectivity index (χ1v) is 7.04. The third-order valence-corrected chi connectivity index (χ3v) is 3.51. The van der Waals surface area contributed by atoms with Crippen LogP contribution in [0.5, 0.6) is 5.75 Å². The Bertz CT molecular complexity index is 640. The second-order valence-corrected chi connectivity index (χ2v) is 5.44. The van der Waals surface area contributed by atoms with Gasteiger partial charge in [0.05, 0.1) is 11.2 Å². The van der Waals surface area contributed by atoms with Gasteiger partial charge in [-0.05, 0) is 37.1 Å². The molecule has 5 heteroatoms. The van der Waals surface area contributed by atoms with Gasteiger partial charge in [-0.3, -0.25) is 9.78 Å². The second-order valence-electron chi connectivity index (χ2n) is 5.44. The molecule has 112 valence electrons. The maximum atomic E-state index is 11.9. The van der Waals surface area contributed by atoms with E-state index in [1.165, 1.54) is 0 Å². The highest BCUT2D eigenvalue weighted by Crippen LogP contribution is 2.28. The highest BCUT2D eigenvalue weighted by Gasteiger charge is 2.12. The van der Waals surface area contributed by atoms with Gasteiger partial charge in [-0.15, -0.1) is 0 Å². The molecule has 0 aliphatic heterocycles. The summed E-state index contributed by atoms with van der Waals surface area (Å²) in [6.07, 6.45) is 1.68. The number of aromatic nitrogens is 1. The molecule has 0 fully saturated rings. The smallest absolute Gasteiger partial charge is 0.258 e. The van der Waals surface area contributed by atoms with Gasteiger partial charge in [-0.1, -0.05) is 13.8 Å². The van der Waals surface area contributed by atoms with Crippen LogP contribution in [0.3, 0.4) is 0 Å². The molecular formula is C16H21N3O2. The van der Waals surface area contributed by atoms with E-state index >= 15 is 0 Å². The van der Waals surface area contributed by atoms with Crippen molar-refractivity contribution in [3.63, 3.8) is 0 Å². The third-order valence-electron chi connectivity index (χ3n) is 3.51. The maximum absolute atomic E-state index is 11.9. The maximum Gasteiger partial charge on any atom is 0.258 e. The molecule has 1 amide bonds.